The third-order valence-electron chi connectivity index (χ3n) is 5.59. The predicted molar refractivity (Wildman–Crippen MR) is 110 cm³/mol. The summed E-state index contributed by atoms with van der Waals surface area (Å²) in [6.07, 6.45) is 5.14. The van der Waals surface area contributed by atoms with E-state index >= 15 is 0 Å². The number of rotatable bonds is 4. The molecule has 0 radical (unpaired) electrons. The van der Waals surface area contributed by atoms with Gasteiger partial charge in [-0.1, -0.05) is 6.42 Å². The molecule has 146 valence electrons. The average Bonchev–Trinajstić information content (AvgIpc) is 2.64. The van der Waals surface area contributed by atoms with Gasteiger partial charge in [0.25, 0.3) is 5.91 Å². The molecule has 1 aliphatic carbocycles. The summed E-state index contributed by atoms with van der Waals surface area (Å²) < 4.78 is 0. The molecule has 3 rings (SSSR count). The summed E-state index contributed by atoms with van der Waals surface area (Å²) in [7, 11) is 0. The van der Waals surface area contributed by atoms with Crippen molar-refractivity contribution in [3.63, 3.8) is 0 Å². The standard InChI is InChI=1S/C20H30N6O/c1-4-25(5-2)17(27)15-9-10-16(14(3)13-15)26-19(22)23-18(21)24-20(26)11-7-6-8-12-20/h9-10,13H,4-8,11-12H2,1-3H3,(H4,21,22,23,24). The van der Waals surface area contributed by atoms with Gasteiger partial charge < -0.3 is 16.4 Å². The first-order chi connectivity index (χ1) is 12.9. The second-order valence-corrected chi connectivity index (χ2v) is 7.30. The van der Waals surface area contributed by atoms with Crippen LogP contribution in [0.3, 0.4) is 0 Å². The molecule has 1 amide bonds. The summed E-state index contributed by atoms with van der Waals surface area (Å²) >= 11 is 0. The monoisotopic (exact) mass is 370 g/mol. The van der Waals surface area contributed by atoms with Crippen molar-refractivity contribution in [1.82, 2.24) is 4.90 Å². The fourth-order valence-corrected chi connectivity index (χ4v) is 4.20. The van der Waals surface area contributed by atoms with Crippen LogP contribution in [0.4, 0.5) is 5.69 Å². The molecule has 0 bridgehead atoms. The molecule has 7 nitrogen and oxygen atoms in total. The van der Waals surface area contributed by atoms with Crippen LogP contribution in [0.25, 0.3) is 0 Å². The van der Waals surface area contributed by atoms with E-state index in [2.05, 4.69) is 4.99 Å². The molecule has 0 aromatic heterocycles. The molecular weight excluding hydrogens is 340 g/mol. The van der Waals surface area contributed by atoms with Crippen molar-refractivity contribution < 1.29 is 4.79 Å². The minimum absolute atomic E-state index is 0.0459. The van der Waals surface area contributed by atoms with Crippen LogP contribution < -0.4 is 16.4 Å². The largest absolute Gasteiger partial charge is 0.369 e. The first kappa shape index (κ1) is 19.2. The quantitative estimate of drug-likeness (QED) is 0.850. The summed E-state index contributed by atoms with van der Waals surface area (Å²) in [5.41, 5.74) is 14.4. The van der Waals surface area contributed by atoms with E-state index in [1.807, 2.05) is 48.8 Å². The molecule has 0 saturated heterocycles. The Bertz CT molecular complexity index is 775. The highest BCUT2D eigenvalue weighted by Gasteiger charge is 2.43. The van der Waals surface area contributed by atoms with Crippen LogP contribution in [0.5, 0.6) is 0 Å². The van der Waals surface area contributed by atoms with Crippen molar-refractivity contribution in [2.45, 2.75) is 58.5 Å². The van der Waals surface area contributed by atoms with Gasteiger partial charge in [0.2, 0.25) is 11.9 Å². The minimum atomic E-state index is -0.469. The van der Waals surface area contributed by atoms with Crippen molar-refractivity contribution in [2.24, 2.45) is 21.5 Å². The SMILES string of the molecule is CCN(CC)C(=O)c1ccc(N2C(N)=NC(N)=NC23CCCCC3)c(C)c1. The fraction of sp³-hybridized carbons (Fsp3) is 0.550. The number of amides is 1. The van der Waals surface area contributed by atoms with Crippen molar-refractivity contribution in [3.05, 3.63) is 29.3 Å². The fourth-order valence-electron chi connectivity index (χ4n) is 4.20. The van der Waals surface area contributed by atoms with Crippen LogP contribution >= 0.6 is 0 Å². The summed E-state index contributed by atoms with van der Waals surface area (Å²) in [6.45, 7) is 7.36. The van der Waals surface area contributed by atoms with E-state index in [0.29, 0.717) is 24.6 Å². The van der Waals surface area contributed by atoms with E-state index < -0.39 is 5.66 Å². The number of nitrogens with zero attached hydrogens (tertiary/aromatic N) is 4. The molecule has 1 aromatic carbocycles. The average molecular weight is 371 g/mol. The van der Waals surface area contributed by atoms with Crippen LogP contribution in [-0.2, 0) is 0 Å². The zero-order valence-electron chi connectivity index (χ0n) is 16.5. The number of guanidine groups is 2. The maximum atomic E-state index is 12.7. The van der Waals surface area contributed by atoms with Crippen molar-refractivity contribution >= 4 is 23.5 Å². The molecule has 7 heteroatoms. The first-order valence-electron chi connectivity index (χ1n) is 9.81. The lowest BCUT2D eigenvalue weighted by Gasteiger charge is -2.46. The van der Waals surface area contributed by atoms with Gasteiger partial charge in [0, 0.05) is 24.3 Å². The van der Waals surface area contributed by atoms with Gasteiger partial charge in [0.05, 0.1) is 0 Å². The van der Waals surface area contributed by atoms with Crippen molar-refractivity contribution in [3.8, 4) is 0 Å². The number of hydrogen-bond acceptors (Lipinski definition) is 6. The molecule has 0 unspecified atom stereocenters. The van der Waals surface area contributed by atoms with Crippen LogP contribution in [0, 0.1) is 6.92 Å². The lowest BCUT2D eigenvalue weighted by atomic mass is 9.87. The van der Waals surface area contributed by atoms with Crippen molar-refractivity contribution in [1.29, 1.82) is 0 Å². The maximum absolute atomic E-state index is 12.7. The summed E-state index contributed by atoms with van der Waals surface area (Å²) in [5, 5.41) is 0. The predicted octanol–water partition coefficient (Wildman–Crippen LogP) is 2.59. The Kier molecular flexibility index (Phi) is 5.39. The molecule has 1 saturated carbocycles. The number of carbonyl (C=O) groups excluding carboxylic acids is 1. The third-order valence-corrected chi connectivity index (χ3v) is 5.59. The number of aryl methyl sites for hydroxylation is 1. The topological polar surface area (TPSA) is 100 Å². The van der Waals surface area contributed by atoms with E-state index in [4.69, 9.17) is 16.5 Å². The molecule has 1 aromatic rings. The van der Waals surface area contributed by atoms with Gasteiger partial charge in [-0.3, -0.25) is 9.69 Å². The summed E-state index contributed by atoms with van der Waals surface area (Å²) in [5.74, 6) is 0.663. The molecule has 4 N–H and O–H groups in total. The van der Waals surface area contributed by atoms with Crippen LogP contribution in [-0.4, -0.2) is 41.5 Å². The lowest BCUT2D eigenvalue weighted by molar-refractivity contribution is 0.0773. The number of benzene rings is 1. The zero-order chi connectivity index (χ0) is 19.6. The van der Waals surface area contributed by atoms with E-state index in [1.54, 1.807) is 0 Å². The van der Waals surface area contributed by atoms with E-state index in [-0.39, 0.29) is 11.9 Å². The van der Waals surface area contributed by atoms with E-state index in [1.165, 1.54) is 6.42 Å². The Morgan fingerprint density at radius 3 is 2.44 bits per heavy atom. The molecule has 2 aliphatic rings. The maximum Gasteiger partial charge on any atom is 0.253 e. The van der Waals surface area contributed by atoms with E-state index in [0.717, 1.165) is 36.9 Å². The molecule has 1 spiro atoms. The second kappa shape index (κ2) is 7.58. The van der Waals surface area contributed by atoms with Gasteiger partial charge in [-0.15, -0.1) is 0 Å². The first-order valence-corrected chi connectivity index (χ1v) is 9.81. The van der Waals surface area contributed by atoms with Crippen LogP contribution in [0.15, 0.2) is 28.2 Å². The summed E-state index contributed by atoms with van der Waals surface area (Å²) in [6, 6.07) is 5.76. The highest BCUT2D eigenvalue weighted by atomic mass is 16.2. The van der Waals surface area contributed by atoms with Gasteiger partial charge >= 0.3 is 0 Å². The molecule has 0 atom stereocenters. The number of anilines is 1. The highest BCUT2D eigenvalue weighted by molar-refractivity contribution is 6.06. The van der Waals surface area contributed by atoms with Gasteiger partial charge in [0.1, 0.15) is 5.66 Å². The van der Waals surface area contributed by atoms with Crippen molar-refractivity contribution in [2.75, 3.05) is 18.0 Å². The third kappa shape index (κ3) is 3.50. The number of hydrogen-bond donors (Lipinski definition) is 2. The van der Waals surface area contributed by atoms with Gasteiger partial charge in [0.15, 0.2) is 0 Å². The lowest BCUT2D eigenvalue weighted by Crippen LogP contribution is -2.58. The summed E-state index contributed by atoms with van der Waals surface area (Å²) in [4.78, 5) is 25.4. The minimum Gasteiger partial charge on any atom is -0.369 e. The van der Waals surface area contributed by atoms with Gasteiger partial charge in [-0.05, 0) is 70.2 Å². The number of carbonyl (C=O) groups is 1. The Morgan fingerprint density at radius 2 is 1.85 bits per heavy atom. The molecular formula is C20H30N6O. The molecule has 1 heterocycles. The normalized spacial score (nSPS) is 18.9. The van der Waals surface area contributed by atoms with Gasteiger partial charge in [-0.25, -0.2) is 4.99 Å². The number of nitrogens with two attached hydrogens (primary N) is 2. The Hall–Kier alpha value is -2.57. The number of aliphatic imine (C=N–C) groups is 2. The van der Waals surface area contributed by atoms with Gasteiger partial charge in [-0.2, -0.15) is 4.99 Å². The Morgan fingerprint density at radius 1 is 1.19 bits per heavy atom. The Labute approximate surface area is 161 Å². The molecule has 27 heavy (non-hydrogen) atoms. The second-order valence-electron chi connectivity index (χ2n) is 7.30. The van der Waals surface area contributed by atoms with E-state index in [9.17, 15) is 4.79 Å². The molecule has 1 aliphatic heterocycles. The smallest absolute Gasteiger partial charge is 0.253 e. The molecule has 1 fully saturated rings. The highest BCUT2D eigenvalue weighted by Crippen LogP contribution is 2.40. The van der Waals surface area contributed by atoms with Crippen LogP contribution in [0.1, 0.15) is 61.9 Å². The Balaban J connectivity index is 1.99. The zero-order valence-corrected chi connectivity index (χ0v) is 16.5. The van der Waals surface area contributed by atoms with Crippen LogP contribution in [0.2, 0.25) is 0 Å².